The Bertz CT molecular complexity index is 69.4. The third-order valence-corrected chi connectivity index (χ3v) is 0.988. The monoisotopic (exact) mass is 172 g/mol. The summed E-state index contributed by atoms with van der Waals surface area (Å²) in [5.74, 6) is -0.290. The smallest absolute Gasteiger partial charge is 0.300 e. The molecule has 1 atom stereocenters. The second-order valence-corrected chi connectivity index (χ2v) is 2.51. The van der Waals surface area contributed by atoms with Gasteiger partial charge in [0, 0.05) is 18.2 Å². The molecule has 4 heteroatoms. The second-order valence-electron chi connectivity index (χ2n) is 1.45. The number of rotatable bonds is 1. The van der Waals surface area contributed by atoms with Crippen molar-refractivity contribution in [2.45, 2.75) is 19.2 Å². The van der Waals surface area contributed by atoms with Crippen LogP contribution >= 0.6 is 23.2 Å². The molecule has 1 N–H and O–H groups in total. The van der Waals surface area contributed by atoms with Crippen molar-refractivity contribution >= 4 is 29.2 Å². The van der Waals surface area contributed by atoms with E-state index in [-0.39, 0.29) is 5.38 Å². The van der Waals surface area contributed by atoms with Gasteiger partial charge in [0.1, 0.15) is 0 Å². The van der Waals surface area contributed by atoms with Crippen LogP contribution < -0.4 is 0 Å². The number of alkyl halides is 2. The molecule has 1 unspecified atom stereocenters. The number of hydrogen-bond acceptors (Lipinski definition) is 1. The van der Waals surface area contributed by atoms with E-state index in [0.29, 0.717) is 5.88 Å². The molecule has 0 aromatic heterocycles. The molecule has 56 valence electrons. The van der Waals surface area contributed by atoms with Crippen molar-refractivity contribution in [2.75, 3.05) is 5.88 Å². The highest BCUT2D eigenvalue weighted by Gasteiger charge is 1.85. The summed E-state index contributed by atoms with van der Waals surface area (Å²) in [6, 6.07) is 0. The van der Waals surface area contributed by atoms with E-state index in [1.807, 2.05) is 6.92 Å². The third kappa shape index (κ3) is 70.1. The summed E-state index contributed by atoms with van der Waals surface area (Å²) in [7, 11) is 0. The van der Waals surface area contributed by atoms with Gasteiger partial charge < -0.3 is 5.11 Å². The van der Waals surface area contributed by atoms with Crippen LogP contribution in [-0.4, -0.2) is 22.3 Å². The molecule has 0 saturated heterocycles. The molecular weight excluding hydrogens is 163 g/mol. The van der Waals surface area contributed by atoms with Crippen LogP contribution in [0.15, 0.2) is 0 Å². The Kier molecular flexibility index (Phi) is 10.6. The van der Waals surface area contributed by atoms with Gasteiger partial charge in [0.25, 0.3) is 5.97 Å². The maximum atomic E-state index is 9.00. The number of carbonyl (C=O) groups is 1. The van der Waals surface area contributed by atoms with E-state index in [0.717, 1.165) is 6.92 Å². The van der Waals surface area contributed by atoms with Crippen molar-refractivity contribution < 1.29 is 9.90 Å². The quantitative estimate of drug-likeness (QED) is 0.615. The van der Waals surface area contributed by atoms with Gasteiger partial charge in [0.15, 0.2) is 0 Å². The summed E-state index contributed by atoms with van der Waals surface area (Å²) in [5.41, 5.74) is 0. The van der Waals surface area contributed by atoms with Crippen molar-refractivity contribution in [3.8, 4) is 0 Å². The topological polar surface area (TPSA) is 37.3 Å². The van der Waals surface area contributed by atoms with Gasteiger partial charge in [-0.15, -0.1) is 23.2 Å². The lowest BCUT2D eigenvalue weighted by Gasteiger charge is -1.85. The Morgan fingerprint density at radius 2 is 1.89 bits per heavy atom. The lowest BCUT2D eigenvalue weighted by Crippen LogP contribution is -1.87. The average Bonchev–Trinajstić information content (AvgIpc) is 1.65. The third-order valence-electron chi connectivity index (χ3n) is 0.213. The van der Waals surface area contributed by atoms with Gasteiger partial charge in [0.05, 0.1) is 0 Å². The summed E-state index contributed by atoms with van der Waals surface area (Å²) >= 11 is 10.5. The molecular formula is C5H10Cl2O2. The molecule has 0 aliphatic carbocycles. The first-order valence-corrected chi connectivity index (χ1v) is 3.37. The Hall–Kier alpha value is 0.0500. The highest BCUT2D eigenvalue weighted by atomic mass is 35.5. The zero-order chi connectivity index (χ0) is 7.86. The molecule has 0 rings (SSSR count). The van der Waals surface area contributed by atoms with E-state index in [1.165, 1.54) is 0 Å². The number of carboxylic acid groups (broad SMARTS) is 1. The summed E-state index contributed by atoms with van der Waals surface area (Å²) < 4.78 is 0. The molecule has 0 saturated carbocycles. The van der Waals surface area contributed by atoms with Gasteiger partial charge in [0.2, 0.25) is 0 Å². The van der Waals surface area contributed by atoms with Crippen LogP contribution in [0.5, 0.6) is 0 Å². The first-order chi connectivity index (χ1) is 4.00. The molecule has 0 bridgehead atoms. The Morgan fingerprint density at radius 3 is 1.89 bits per heavy atom. The summed E-state index contributed by atoms with van der Waals surface area (Å²) in [6.07, 6.45) is 0. The van der Waals surface area contributed by atoms with Crippen molar-refractivity contribution in [2.24, 2.45) is 0 Å². The second kappa shape index (κ2) is 8.05. The molecule has 0 aliphatic heterocycles. The number of aliphatic carboxylic acids is 1. The maximum Gasteiger partial charge on any atom is 0.300 e. The molecule has 0 amide bonds. The van der Waals surface area contributed by atoms with Crippen LogP contribution in [-0.2, 0) is 4.79 Å². The van der Waals surface area contributed by atoms with E-state index >= 15 is 0 Å². The highest BCUT2D eigenvalue weighted by Crippen LogP contribution is 1.93. The molecule has 0 aromatic carbocycles. The molecule has 0 fully saturated rings. The zero-order valence-electron chi connectivity index (χ0n) is 5.40. The highest BCUT2D eigenvalue weighted by molar-refractivity contribution is 6.27. The predicted molar refractivity (Wildman–Crippen MR) is 39.3 cm³/mol. The lowest BCUT2D eigenvalue weighted by molar-refractivity contribution is -0.134. The molecule has 2 nitrogen and oxygen atoms in total. The number of hydrogen-bond donors (Lipinski definition) is 1. The van der Waals surface area contributed by atoms with Gasteiger partial charge in [-0.25, -0.2) is 0 Å². The fourth-order valence-corrected chi connectivity index (χ4v) is 0. The minimum Gasteiger partial charge on any atom is -0.481 e. The fraction of sp³-hybridized carbons (Fsp3) is 0.800. The van der Waals surface area contributed by atoms with Crippen LogP contribution in [0.4, 0.5) is 0 Å². The molecule has 0 aromatic rings. The standard InChI is InChI=1S/C3H6Cl2.C2H4O2/c1-3(5)2-4;1-2(3)4/h3H,2H2,1H3;1H3,(H,3,4). The molecule has 0 aliphatic rings. The van der Waals surface area contributed by atoms with Crippen LogP contribution in [0.25, 0.3) is 0 Å². The molecule has 0 radical (unpaired) electrons. The minimum atomic E-state index is -0.833. The van der Waals surface area contributed by atoms with Crippen LogP contribution in [0.3, 0.4) is 0 Å². The van der Waals surface area contributed by atoms with Gasteiger partial charge in [-0.2, -0.15) is 0 Å². The van der Waals surface area contributed by atoms with Crippen molar-refractivity contribution in [1.29, 1.82) is 0 Å². The van der Waals surface area contributed by atoms with Gasteiger partial charge in [-0.3, -0.25) is 4.79 Å². The normalized spacial score (nSPS) is 11.1. The Morgan fingerprint density at radius 1 is 1.78 bits per heavy atom. The number of halogens is 2. The van der Waals surface area contributed by atoms with E-state index in [4.69, 9.17) is 33.1 Å². The Balaban J connectivity index is 0. The van der Waals surface area contributed by atoms with Crippen LogP contribution in [0.1, 0.15) is 13.8 Å². The first kappa shape index (κ1) is 11.8. The van der Waals surface area contributed by atoms with Crippen molar-refractivity contribution in [1.82, 2.24) is 0 Å². The van der Waals surface area contributed by atoms with Crippen LogP contribution in [0.2, 0.25) is 0 Å². The molecule has 0 spiro atoms. The van der Waals surface area contributed by atoms with Gasteiger partial charge in [-0.1, -0.05) is 0 Å². The van der Waals surface area contributed by atoms with E-state index in [2.05, 4.69) is 0 Å². The lowest BCUT2D eigenvalue weighted by atomic mass is 10.6. The molecule has 0 heterocycles. The largest absolute Gasteiger partial charge is 0.481 e. The van der Waals surface area contributed by atoms with Gasteiger partial charge >= 0.3 is 0 Å². The Labute approximate surface area is 64.8 Å². The predicted octanol–water partition coefficient (Wildman–Crippen LogP) is 1.94. The zero-order valence-corrected chi connectivity index (χ0v) is 6.91. The van der Waals surface area contributed by atoms with Crippen molar-refractivity contribution in [3.05, 3.63) is 0 Å². The van der Waals surface area contributed by atoms with E-state index < -0.39 is 5.97 Å². The van der Waals surface area contributed by atoms with Crippen molar-refractivity contribution in [3.63, 3.8) is 0 Å². The number of carboxylic acids is 1. The van der Waals surface area contributed by atoms with Crippen LogP contribution in [0, 0.1) is 0 Å². The summed E-state index contributed by atoms with van der Waals surface area (Å²) in [5, 5.41) is 7.54. The fourth-order valence-electron chi connectivity index (χ4n) is 0. The van der Waals surface area contributed by atoms with E-state index in [1.54, 1.807) is 0 Å². The SMILES string of the molecule is CC(=O)O.CC(Cl)CCl. The first-order valence-electron chi connectivity index (χ1n) is 2.40. The summed E-state index contributed by atoms with van der Waals surface area (Å²) in [4.78, 5) is 9.00. The van der Waals surface area contributed by atoms with E-state index in [9.17, 15) is 0 Å². The maximum absolute atomic E-state index is 9.00. The molecule has 9 heavy (non-hydrogen) atoms. The van der Waals surface area contributed by atoms with Gasteiger partial charge in [-0.05, 0) is 6.92 Å². The minimum absolute atomic E-state index is 0.122. The summed E-state index contributed by atoms with van der Waals surface area (Å²) in [6.45, 7) is 2.94. The average molecular weight is 173 g/mol.